The summed E-state index contributed by atoms with van der Waals surface area (Å²) in [6, 6.07) is 12.3. The molecular formula is C23H29FN2O3S. The minimum absolute atomic E-state index is 0.0499. The fourth-order valence-corrected chi connectivity index (χ4v) is 4.14. The van der Waals surface area contributed by atoms with Gasteiger partial charge in [-0.05, 0) is 53.5 Å². The van der Waals surface area contributed by atoms with Crippen molar-refractivity contribution in [2.24, 2.45) is 5.92 Å². The Morgan fingerprint density at radius 1 is 1.13 bits per heavy atom. The van der Waals surface area contributed by atoms with E-state index >= 15 is 0 Å². The monoisotopic (exact) mass is 432 g/mol. The number of benzene rings is 2. The third kappa shape index (κ3) is 5.39. The van der Waals surface area contributed by atoms with Crippen LogP contribution in [-0.2, 0) is 20.2 Å². The number of carbonyl (C=O) groups excluding carboxylic acids is 1. The topological polar surface area (TPSA) is 75.3 Å². The second kappa shape index (κ2) is 8.02. The van der Waals surface area contributed by atoms with Gasteiger partial charge in [0, 0.05) is 5.92 Å². The Labute approximate surface area is 178 Å². The zero-order chi connectivity index (χ0) is 22.3. The number of anilines is 1. The summed E-state index contributed by atoms with van der Waals surface area (Å²) in [6.07, 6.45) is 1.77. The SMILES string of the molecule is CC(NC(=O)[C@@H]1CC1c1ccc(C(C)(C)C)cc1)c1ccc(NS(C)(=O)=O)c(F)c1. The van der Waals surface area contributed by atoms with Crippen LogP contribution in [0.25, 0.3) is 0 Å². The molecule has 2 aromatic carbocycles. The van der Waals surface area contributed by atoms with E-state index in [1.807, 2.05) is 0 Å². The van der Waals surface area contributed by atoms with Gasteiger partial charge < -0.3 is 5.32 Å². The third-order valence-electron chi connectivity index (χ3n) is 5.48. The molecule has 0 aliphatic heterocycles. The van der Waals surface area contributed by atoms with Crippen LogP contribution in [-0.4, -0.2) is 20.6 Å². The summed E-state index contributed by atoms with van der Waals surface area (Å²) >= 11 is 0. The van der Waals surface area contributed by atoms with Crippen LogP contribution in [0.5, 0.6) is 0 Å². The van der Waals surface area contributed by atoms with Crippen LogP contribution in [0.1, 0.15) is 62.8 Å². The van der Waals surface area contributed by atoms with Crippen molar-refractivity contribution in [1.82, 2.24) is 5.32 Å². The lowest BCUT2D eigenvalue weighted by molar-refractivity contribution is -0.123. The largest absolute Gasteiger partial charge is 0.349 e. The maximum atomic E-state index is 14.2. The average molecular weight is 433 g/mol. The molecule has 0 spiro atoms. The molecule has 1 aliphatic rings. The summed E-state index contributed by atoms with van der Waals surface area (Å²) in [5, 5.41) is 2.94. The highest BCUT2D eigenvalue weighted by Crippen LogP contribution is 2.48. The zero-order valence-electron chi connectivity index (χ0n) is 18.0. The molecule has 3 atom stereocenters. The molecule has 0 aromatic heterocycles. The quantitative estimate of drug-likeness (QED) is 0.707. The van der Waals surface area contributed by atoms with Crippen molar-refractivity contribution in [3.05, 3.63) is 65.0 Å². The summed E-state index contributed by atoms with van der Waals surface area (Å²) in [7, 11) is -3.56. The van der Waals surface area contributed by atoms with Crippen molar-refractivity contribution in [3.63, 3.8) is 0 Å². The van der Waals surface area contributed by atoms with Crippen LogP contribution in [0, 0.1) is 11.7 Å². The standard InChI is InChI=1S/C23H29FN2O3S/c1-14(16-8-11-21(20(24)12-16)26-30(5,28)29)25-22(27)19-13-18(19)15-6-9-17(10-7-15)23(2,3)4/h6-12,14,18-19,26H,13H2,1-5H3,(H,25,27)/t14?,18?,19-/m1/s1. The van der Waals surface area contributed by atoms with Gasteiger partial charge >= 0.3 is 0 Å². The molecule has 5 nitrogen and oxygen atoms in total. The van der Waals surface area contributed by atoms with Crippen LogP contribution in [0.3, 0.4) is 0 Å². The number of hydrogen-bond donors (Lipinski definition) is 2. The van der Waals surface area contributed by atoms with E-state index < -0.39 is 15.8 Å². The van der Waals surface area contributed by atoms with E-state index in [2.05, 4.69) is 55.1 Å². The fraction of sp³-hybridized carbons (Fsp3) is 0.435. The van der Waals surface area contributed by atoms with E-state index in [4.69, 9.17) is 0 Å². The van der Waals surface area contributed by atoms with E-state index in [0.29, 0.717) is 5.56 Å². The molecular weight excluding hydrogens is 403 g/mol. The molecule has 1 fully saturated rings. The molecule has 30 heavy (non-hydrogen) atoms. The summed E-state index contributed by atoms with van der Waals surface area (Å²) < 4.78 is 38.9. The van der Waals surface area contributed by atoms with Crippen molar-refractivity contribution in [1.29, 1.82) is 0 Å². The van der Waals surface area contributed by atoms with Gasteiger partial charge in [-0.15, -0.1) is 0 Å². The van der Waals surface area contributed by atoms with Crippen molar-refractivity contribution < 1.29 is 17.6 Å². The summed E-state index contributed by atoms with van der Waals surface area (Å²) in [5.74, 6) is -0.596. The first kappa shape index (κ1) is 22.3. The number of hydrogen-bond acceptors (Lipinski definition) is 3. The number of rotatable bonds is 6. The van der Waals surface area contributed by atoms with Gasteiger partial charge in [0.15, 0.2) is 0 Å². The molecule has 0 heterocycles. The van der Waals surface area contributed by atoms with Crippen LogP contribution >= 0.6 is 0 Å². The Balaban J connectivity index is 1.61. The van der Waals surface area contributed by atoms with Crippen molar-refractivity contribution >= 4 is 21.6 Å². The fourth-order valence-electron chi connectivity index (χ4n) is 3.57. The minimum Gasteiger partial charge on any atom is -0.349 e. The second-order valence-electron chi connectivity index (χ2n) is 9.16. The average Bonchev–Trinajstić information content (AvgIpc) is 3.42. The number of carbonyl (C=O) groups is 1. The molecule has 3 rings (SSSR count). The van der Waals surface area contributed by atoms with Gasteiger partial charge in [0.1, 0.15) is 5.82 Å². The summed E-state index contributed by atoms with van der Waals surface area (Å²) in [6.45, 7) is 8.29. The molecule has 2 N–H and O–H groups in total. The van der Waals surface area contributed by atoms with E-state index in [0.717, 1.165) is 18.2 Å². The first-order chi connectivity index (χ1) is 13.8. The lowest BCUT2D eigenvalue weighted by atomic mass is 9.86. The highest BCUT2D eigenvalue weighted by Gasteiger charge is 2.44. The number of nitrogens with one attached hydrogen (secondary N) is 2. The third-order valence-corrected chi connectivity index (χ3v) is 6.07. The highest BCUT2D eigenvalue weighted by atomic mass is 32.2. The van der Waals surface area contributed by atoms with Crippen LogP contribution in [0.4, 0.5) is 10.1 Å². The lowest BCUT2D eigenvalue weighted by Crippen LogP contribution is -2.28. The Morgan fingerprint density at radius 2 is 1.77 bits per heavy atom. The Hall–Kier alpha value is -2.41. The first-order valence-corrected chi connectivity index (χ1v) is 11.9. The molecule has 1 saturated carbocycles. The van der Waals surface area contributed by atoms with Gasteiger partial charge in [0.25, 0.3) is 0 Å². The molecule has 0 radical (unpaired) electrons. The predicted molar refractivity (Wildman–Crippen MR) is 117 cm³/mol. The molecule has 0 saturated heterocycles. The van der Waals surface area contributed by atoms with Gasteiger partial charge in [0.2, 0.25) is 15.9 Å². The van der Waals surface area contributed by atoms with Crippen LogP contribution in [0.2, 0.25) is 0 Å². The number of halogens is 1. The van der Waals surface area contributed by atoms with Crippen molar-refractivity contribution in [2.75, 3.05) is 11.0 Å². The molecule has 162 valence electrons. The van der Waals surface area contributed by atoms with E-state index in [1.54, 1.807) is 13.0 Å². The molecule has 7 heteroatoms. The van der Waals surface area contributed by atoms with E-state index in [-0.39, 0.29) is 34.9 Å². The maximum absolute atomic E-state index is 14.2. The van der Waals surface area contributed by atoms with Gasteiger partial charge in [-0.1, -0.05) is 51.1 Å². The minimum atomic E-state index is -3.56. The van der Waals surface area contributed by atoms with E-state index in [9.17, 15) is 17.6 Å². The Morgan fingerprint density at radius 3 is 2.30 bits per heavy atom. The normalized spacial score (nSPS) is 19.8. The highest BCUT2D eigenvalue weighted by molar-refractivity contribution is 7.92. The maximum Gasteiger partial charge on any atom is 0.229 e. The zero-order valence-corrected chi connectivity index (χ0v) is 18.8. The number of sulfonamides is 1. The second-order valence-corrected chi connectivity index (χ2v) is 10.9. The Bertz CT molecular complexity index is 1040. The Kier molecular flexibility index (Phi) is 5.96. The predicted octanol–water partition coefficient (Wildman–Crippen LogP) is 4.48. The summed E-state index contributed by atoms with van der Waals surface area (Å²) in [5.41, 5.74) is 2.98. The van der Waals surface area contributed by atoms with Crippen molar-refractivity contribution in [2.45, 2.75) is 51.5 Å². The lowest BCUT2D eigenvalue weighted by Gasteiger charge is -2.19. The van der Waals surface area contributed by atoms with Crippen molar-refractivity contribution in [3.8, 4) is 0 Å². The molecule has 1 aliphatic carbocycles. The van der Waals surface area contributed by atoms with E-state index in [1.165, 1.54) is 17.7 Å². The van der Waals surface area contributed by atoms with Gasteiger partial charge in [-0.2, -0.15) is 0 Å². The molecule has 2 aromatic rings. The van der Waals surface area contributed by atoms with Gasteiger partial charge in [-0.25, -0.2) is 12.8 Å². The van der Waals surface area contributed by atoms with Crippen LogP contribution < -0.4 is 10.0 Å². The summed E-state index contributed by atoms with van der Waals surface area (Å²) in [4.78, 5) is 12.6. The van der Waals surface area contributed by atoms with Gasteiger partial charge in [0.05, 0.1) is 18.0 Å². The molecule has 2 unspecified atom stereocenters. The smallest absolute Gasteiger partial charge is 0.229 e. The van der Waals surface area contributed by atoms with Gasteiger partial charge in [-0.3, -0.25) is 9.52 Å². The molecule has 0 bridgehead atoms. The number of amides is 1. The first-order valence-electron chi connectivity index (χ1n) is 10.0. The molecule has 1 amide bonds. The van der Waals surface area contributed by atoms with Crippen LogP contribution in [0.15, 0.2) is 42.5 Å².